The van der Waals surface area contributed by atoms with Gasteiger partial charge in [-0.1, -0.05) is 39.2 Å². The van der Waals surface area contributed by atoms with E-state index < -0.39 is 0 Å². The van der Waals surface area contributed by atoms with Crippen molar-refractivity contribution in [2.75, 3.05) is 13.1 Å². The summed E-state index contributed by atoms with van der Waals surface area (Å²) in [6, 6.07) is 4.55. The average molecular weight is 237 g/mol. The minimum atomic E-state index is 0.371. The highest BCUT2D eigenvalue weighted by molar-refractivity contribution is 7.10. The van der Waals surface area contributed by atoms with Gasteiger partial charge in [-0.15, -0.1) is 11.3 Å². The second kappa shape index (κ2) is 5.33. The lowest BCUT2D eigenvalue weighted by molar-refractivity contribution is 0.0601. The molecule has 90 valence electrons. The van der Waals surface area contributed by atoms with E-state index >= 15 is 0 Å². The van der Waals surface area contributed by atoms with Crippen molar-refractivity contribution in [3.8, 4) is 0 Å². The first-order chi connectivity index (χ1) is 7.83. The van der Waals surface area contributed by atoms with E-state index in [1.807, 2.05) is 11.3 Å². The molecular formula is C14H23NS. The molecule has 0 spiro atoms. The summed E-state index contributed by atoms with van der Waals surface area (Å²) in [7, 11) is 0. The largest absolute Gasteiger partial charge is 0.293 e. The van der Waals surface area contributed by atoms with E-state index in [1.165, 1.54) is 45.2 Å². The molecule has 1 fully saturated rings. The predicted molar refractivity (Wildman–Crippen MR) is 72.0 cm³/mol. The molecule has 0 N–H and O–H groups in total. The van der Waals surface area contributed by atoms with Gasteiger partial charge < -0.3 is 0 Å². The lowest BCUT2D eigenvalue weighted by Crippen LogP contribution is -2.46. The number of rotatable bonds is 4. The Balaban J connectivity index is 2.31. The van der Waals surface area contributed by atoms with Crippen LogP contribution in [-0.2, 0) is 5.54 Å². The molecule has 1 aliphatic carbocycles. The zero-order valence-electron chi connectivity index (χ0n) is 10.5. The van der Waals surface area contributed by atoms with Crippen LogP contribution in [0.25, 0.3) is 0 Å². The second-order valence-electron chi connectivity index (χ2n) is 4.74. The molecule has 1 aromatic heterocycles. The van der Waals surface area contributed by atoms with Crippen molar-refractivity contribution in [2.24, 2.45) is 0 Å². The van der Waals surface area contributed by atoms with E-state index in [2.05, 4.69) is 36.3 Å². The molecule has 0 unspecified atom stereocenters. The fraction of sp³-hybridized carbons (Fsp3) is 0.714. The van der Waals surface area contributed by atoms with Gasteiger partial charge in [0.25, 0.3) is 0 Å². The number of hydrogen-bond acceptors (Lipinski definition) is 2. The van der Waals surface area contributed by atoms with Crippen LogP contribution in [0.2, 0.25) is 0 Å². The molecule has 2 rings (SSSR count). The van der Waals surface area contributed by atoms with E-state index in [9.17, 15) is 0 Å². The molecule has 0 saturated heterocycles. The zero-order valence-corrected chi connectivity index (χ0v) is 11.4. The molecule has 0 bridgehead atoms. The fourth-order valence-electron chi connectivity index (χ4n) is 3.23. The molecule has 0 radical (unpaired) electrons. The van der Waals surface area contributed by atoms with Crippen LogP contribution in [0.3, 0.4) is 0 Å². The van der Waals surface area contributed by atoms with Gasteiger partial charge in [0, 0.05) is 4.88 Å². The van der Waals surface area contributed by atoms with Crippen LogP contribution in [-0.4, -0.2) is 18.0 Å². The van der Waals surface area contributed by atoms with Crippen LogP contribution < -0.4 is 0 Å². The smallest absolute Gasteiger partial charge is 0.0553 e. The first-order valence-electron chi connectivity index (χ1n) is 6.62. The van der Waals surface area contributed by atoms with E-state index in [0.717, 1.165) is 0 Å². The fourth-order valence-corrected chi connectivity index (χ4v) is 4.24. The van der Waals surface area contributed by atoms with Gasteiger partial charge in [0.1, 0.15) is 0 Å². The van der Waals surface area contributed by atoms with Gasteiger partial charge in [0.05, 0.1) is 5.54 Å². The van der Waals surface area contributed by atoms with Crippen LogP contribution >= 0.6 is 11.3 Å². The molecule has 1 aliphatic rings. The molecule has 2 heteroatoms. The van der Waals surface area contributed by atoms with Gasteiger partial charge >= 0.3 is 0 Å². The molecular weight excluding hydrogens is 214 g/mol. The van der Waals surface area contributed by atoms with Gasteiger partial charge in [0.15, 0.2) is 0 Å². The minimum Gasteiger partial charge on any atom is -0.293 e. The predicted octanol–water partition coefficient (Wildman–Crippen LogP) is 4.25. The van der Waals surface area contributed by atoms with E-state index in [-0.39, 0.29) is 0 Å². The van der Waals surface area contributed by atoms with Gasteiger partial charge in [-0.3, -0.25) is 4.90 Å². The van der Waals surface area contributed by atoms with Crippen molar-refractivity contribution in [1.29, 1.82) is 0 Å². The molecule has 1 nitrogen and oxygen atoms in total. The van der Waals surface area contributed by atoms with Crippen molar-refractivity contribution in [3.05, 3.63) is 22.4 Å². The highest BCUT2D eigenvalue weighted by Crippen LogP contribution is 2.43. The standard InChI is InChI=1S/C14H23NS/c1-3-15(4-2)14(10-6-5-7-11-14)13-9-8-12-16-13/h8-9,12H,3-7,10-11H2,1-2H3. The van der Waals surface area contributed by atoms with Crippen molar-refractivity contribution in [1.82, 2.24) is 4.90 Å². The monoisotopic (exact) mass is 237 g/mol. The van der Waals surface area contributed by atoms with Crippen molar-refractivity contribution in [3.63, 3.8) is 0 Å². The summed E-state index contributed by atoms with van der Waals surface area (Å²) in [4.78, 5) is 4.27. The number of hydrogen-bond donors (Lipinski definition) is 0. The Bertz CT molecular complexity index is 295. The van der Waals surface area contributed by atoms with Gasteiger partial charge in [-0.25, -0.2) is 0 Å². The first kappa shape index (κ1) is 12.1. The maximum atomic E-state index is 2.68. The van der Waals surface area contributed by atoms with Crippen LogP contribution in [0, 0.1) is 0 Å². The Morgan fingerprint density at radius 1 is 1.19 bits per heavy atom. The van der Waals surface area contributed by atoms with Crippen molar-refractivity contribution in [2.45, 2.75) is 51.5 Å². The topological polar surface area (TPSA) is 3.24 Å². The van der Waals surface area contributed by atoms with E-state index in [4.69, 9.17) is 0 Å². The molecule has 0 aromatic carbocycles. The van der Waals surface area contributed by atoms with Crippen molar-refractivity contribution < 1.29 is 0 Å². The number of thiophene rings is 1. The Labute approximate surface area is 103 Å². The molecule has 16 heavy (non-hydrogen) atoms. The Kier molecular flexibility index (Phi) is 4.04. The molecule has 1 heterocycles. The summed E-state index contributed by atoms with van der Waals surface area (Å²) < 4.78 is 0. The van der Waals surface area contributed by atoms with Crippen LogP contribution in [0.4, 0.5) is 0 Å². The summed E-state index contributed by atoms with van der Waals surface area (Å²) in [5, 5.41) is 2.23. The average Bonchev–Trinajstić information content (AvgIpc) is 2.86. The Morgan fingerprint density at radius 2 is 1.88 bits per heavy atom. The van der Waals surface area contributed by atoms with Gasteiger partial charge in [0.2, 0.25) is 0 Å². The summed E-state index contributed by atoms with van der Waals surface area (Å²) in [6.45, 7) is 6.95. The maximum Gasteiger partial charge on any atom is 0.0553 e. The summed E-state index contributed by atoms with van der Waals surface area (Å²) in [5.74, 6) is 0. The van der Waals surface area contributed by atoms with E-state index in [1.54, 1.807) is 4.88 Å². The quantitative estimate of drug-likeness (QED) is 0.756. The number of nitrogens with zero attached hydrogens (tertiary/aromatic N) is 1. The molecule has 1 saturated carbocycles. The first-order valence-corrected chi connectivity index (χ1v) is 7.50. The second-order valence-corrected chi connectivity index (χ2v) is 5.69. The van der Waals surface area contributed by atoms with Crippen LogP contribution in [0.15, 0.2) is 17.5 Å². The third-order valence-corrected chi connectivity index (χ3v) is 5.09. The Morgan fingerprint density at radius 3 is 2.38 bits per heavy atom. The highest BCUT2D eigenvalue weighted by atomic mass is 32.1. The van der Waals surface area contributed by atoms with E-state index in [0.29, 0.717) is 5.54 Å². The normalized spacial score (nSPS) is 20.2. The third kappa shape index (κ3) is 2.05. The third-order valence-electron chi connectivity index (χ3n) is 4.03. The Hall–Kier alpha value is -0.340. The lowest BCUT2D eigenvalue weighted by atomic mass is 9.79. The molecule has 0 aliphatic heterocycles. The summed E-state index contributed by atoms with van der Waals surface area (Å²) in [5.41, 5.74) is 0.371. The summed E-state index contributed by atoms with van der Waals surface area (Å²) in [6.07, 6.45) is 6.93. The van der Waals surface area contributed by atoms with Gasteiger partial charge in [-0.2, -0.15) is 0 Å². The minimum absolute atomic E-state index is 0.371. The van der Waals surface area contributed by atoms with Crippen LogP contribution in [0.1, 0.15) is 50.8 Å². The van der Waals surface area contributed by atoms with Crippen molar-refractivity contribution >= 4 is 11.3 Å². The molecule has 0 atom stereocenters. The van der Waals surface area contributed by atoms with Gasteiger partial charge in [-0.05, 0) is 37.4 Å². The highest BCUT2D eigenvalue weighted by Gasteiger charge is 2.38. The lowest BCUT2D eigenvalue weighted by Gasteiger charge is -2.45. The zero-order chi connectivity index (χ0) is 11.4. The SMILES string of the molecule is CCN(CC)C1(c2cccs2)CCCCC1. The van der Waals surface area contributed by atoms with Crippen LogP contribution in [0.5, 0.6) is 0 Å². The molecule has 0 amide bonds. The summed E-state index contributed by atoms with van der Waals surface area (Å²) >= 11 is 1.95. The maximum absolute atomic E-state index is 2.68. The molecule has 1 aromatic rings.